The van der Waals surface area contributed by atoms with Crippen molar-refractivity contribution in [3.05, 3.63) is 11.1 Å². The highest BCUT2D eigenvalue weighted by Gasteiger charge is 2.28. The molecule has 0 aliphatic carbocycles. The van der Waals surface area contributed by atoms with Gasteiger partial charge in [0.1, 0.15) is 0 Å². The third kappa shape index (κ3) is 5.45. The zero-order chi connectivity index (χ0) is 17.7. The van der Waals surface area contributed by atoms with Gasteiger partial charge in [0, 0.05) is 18.5 Å². The van der Waals surface area contributed by atoms with Gasteiger partial charge in [0.25, 0.3) is 0 Å². The van der Waals surface area contributed by atoms with Gasteiger partial charge in [-0.1, -0.05) is 0 Å². The molecule has 1 aliphatic heterocycles. The second-order valence-corrected chi connectivity index (χ2v) is 8.21. The van der Waals surface area contributed by atoms with E-state index in [1.54, 1.807) is 17.2 Å². The lowest BCUT2D eigenvalue weighted by Gasteiger charge is -2.30. The lowest BCUT2D eigenvalue weighted by Crippen LogP contribution is -2.41. The number of ether oxygens (including phenoxy) is 1. The maximum absolute atomic E-state index is 12.3. The van der Waals surface area contributed by atoms with Crippen LogP contribution < -0.4 is 4.72 Å². The van der Waals surface area contributed by atoms with Gasteiger partial charge in [0.2, 0.25) is 15.9 Å². The fraction of sp³-hybridized carbons (Fsp3) is 0.643. The Bertz CT molecular complexity index is 693. The molecule has 2 heterocycles. The summed E-state index contributed by atoms with van der Waals surface area (Å²) in [5, 5.41) is 1.91. The summed E-state index contributed by atoms with van der Waals surface area (Å²) < 4.78 is 29.6. The number of carbonyl (C=O) groups excluding carboxylic acids is 2. The molecule has 0 saturated carbocycles. The number of hydrogen-bond donors (Lipinski definition) is 1. The molecule has 0 atom stereocenters. The van der Waals surface area contributed by atoms with Crippen LogP contribution in [-0.4, -0.2) is 56.1 Å². The Labute approximate surface area is 145 Å². The van der Waals surface area contributed by atoms with Gasteiger partial charge in [-0.15, -0.1) is 11.3 Å². The van der Waals surface area contributed by atoms with Gasteiger partial charge in [-0.3, -0.25) is 14.3 Å². The Hall–Kier alpha value is -1.68. The van der Waals surface area contributed by atoms with Crippen molar-refractivity contribution >= 4 is 38.4 Å². The van der Waals surface area contributed by atoms with Crippen molar-refractivity contribution in [2.75, 3.05) is 30.7 Å². The third-order valence-corrected chi connectivity index (χ3v) is 5.12. The van der Waals surface area contributed by atoms with E-state index in [1.165, 1.54) is 0 Å². The molecule has 24 heavy (non-hydrogen) atoms. The molecule has 0 spiro atoms. The van der Waals surface area contributed by atoms with E-state index in [-0.39, 0.29) is 29.3 Å². The molecule has 1 aliphatic rings. The predicted molar refractivity (Wildman–Crippen MR) is 90.2 cm³/mol. The Balaban J connectivity index is 1.85. The minimum atomic E-state index is -3.37. The Morgan fingerprint density at radius 1 is 1.42 bits per heavy atom. The minimum absolute atomic E-state index is 0.0754. The Morgan fingerprint density at radius 2 is 2.08 bits per heavy atom. The Kier molecular flexibility index (Phi) is 6.16. The average Bonchev–Trinajstić information content (AvgIpc) is 2.92. The summed E-state index contributed by atoms with van der Waals surface area (Å²) in [6, 6.07) is 0. The number of thiazole rings is 1. The summed E-state index contributed by atoms with van der Waals surface area (Å²) in [4.78, 5) is 29.8. The number of rotatable bonds is 6. The molecule has 2 rings (SSSR count). The lowest BCUT2D eigenvalue weighted by atomic mass is 9.97. The molecule has 1 saturated heterocycles. The molecule has 8 nitrogen and oxygen atoms in total. The number of nitrogens with one attached hydrogen (secondary N) is 1. The van der Waals surface area contributed by atoms with Crippen molar-refractivity contribution < 1.29 is 22.7 Å². The summed E-state index contributed by atoms with van der Waals surface area (Å²) >= 11 is 1.14. The number of piperidine rings is 1. The van der Waals surface area contributed by atoms with Crippen LogP contribution >= 0.6 is 11.3 Å². The van der Waals surface area contributed by atoms with E-state index < -0.39 is 10.0 Å². The number of nitrogens with zero attached hydrogens (tertiary/aromatic N) is 2. The number of likely N-dealkylation sites (tertiary alicyclic amines) is 1. The summed E-state index contributed by atoms with van der Waals surface area (Å²) in [6.45, 7) is 3.17. The normalized spacial score (nSPS) is 16.0. The number of aromatic nitrogens is 1. The molecule has 0 aromatic carbocycles. The van der Waals surface area contributed by atoms with E-state index in [1.807, 2.05) is 0 Å². The fourth-order valence-corrected chi connectivity index (χ4v) is 4.05. The van der Waals surface area contributed by atoms with E-state index in [9.17, 15) is 18.0 Å². The van der Waals surface area contributed by atoms with Crippen molar-refractivity contribution in [2.45, 2.75) is 26.2 Å². The van der Waals surface area contributed by atoms with Crippen LogP contribution in [0.4, 0.5) is 5.13 Å². The molecule has 134 valence electrons. The summed E-state index contributed by atoms with van der Waals surface area (Å²) in [7, 11) is -3.37. The number of esters is 1. The zero-order valence-electron chi connectivity index (χ0n) is 13.6. The van der Waals surface area contributed by atoms with Gasteiger partial charge in [0.05, 0.1) is 30.9 Å². The van der Waals surface area contributed by atoms with Crippen LogP contribution in [-0.2, 0) is 30.8 Å². The first kappa shape index (κ1) is 18.7. The van der Waals surface area contributed by atoms with E-state index in [4.69, 9.17) is 4.74 Å². The molecule has 10 heteroatoms. The van der Waals surface area contributed by atoms with E-state index in [0.29, 0.717) is 38.2 Å². The maximum atomic E-state index is 12.3. The van der Waals surface area contributed by atoms with E-state index in [0.717, 1.165) is 17.6 Å². The second-order valence-electron chi connectivity index (χ2n) is 5.60. The van der Waals surface area contributed by atoms with Crippen LogP contribution in [0.1, 0.15) is 25.5 Å². The van der Waals surface area contributed by atoms with Crippen LogP contribution in [0, 0.1) is 5.92 Å². The predicted octanol–water partition coefficient (Wildman–Crippen LogP) is 0.859. The number of anilines is 1. The lowest BCUT2D eigenvalue weighted by molar-refractivity contribution is -0.151. The van der Waals surface area contributed by atoms with Gasteiger partial charge in [-0.2, -0.15) is 0 Å². The molecule has 1 aromatic rings. The van der Waals surface area contributed by atoms with Gasteiger partial charge < -0.3 is 9.64 Å². The first-order valence-electron chi connectivity index (χ1n) is 7.65. The summed E-state index contributed by atoms with van der Waals surface area (Å²) in [6.07, 6.45) is 2.37. The largest absolute Gasteiger partial charge is 0.466 e. The fourth-order valence-electron chi connectivity index (χ4n) is 2.49. The van der Waals surface area contributed by atoms with Crippen molar-refractivity contribution in [1.82, 2.24) is 9.88 Å². The molecule has 0 bridgehead atoms. The number of hydrogen-bond acceptors (Lipinski definition) is 7. The smallest absolute Gasteiger partial charge is 0.309 e. The van der Waals surface area contributed by atoms with E-state index in [2.05, 4.69) is 9.71 Å². The van der Waals surface area contributed by atoms with Crippen molar-refractivity contribution in [1.29, 1.82) is 0 Å². The van der Waals surface area contributed by atoms with Crippen LogP contribution in [0.15, 0.2) is 5.38 Å². The maximum Gasteiger partial charge on any atom is 0.309 e. The minimum Gasteiger partial charge on any atom is -0.466 e. The molecule has 1 amide bonds. The molecule has 1 fully saturated rings. The molecular weight excluding hydrogens is 354 g/mol. The first-order valence-corrected chi connectivity index (χ1v) is 10.4. The Morgan fingerprint density at radius 3 is 2.67 bits per heavy atom. The third-order valence-electron chi connectivity index (χ3n) is 3.62. The molecule has 0 radical (unpaired) electrons. The van der Waals surface area contributed by atoms with Crippen molar-refractivity contribution in [3.63, 3.8) is 0 Å². The average molecular weight is 375 g/mol. The standard InChI is InChI=1S/C14H21N3O5S2/c1-3-22-13(19)10-4-6-17(7-5-10)12(18)8-11-9-23-14(15-11)16-24(2,20)21/h9-10H,3-8H2,1-2H3,(H,15,16). The van der Waals surface area contributed by atoms with Crippen molar-refractivity contribution in [3.8, 4) is 0 Å². The summed E-state index contributed by atoms with van der Waals surface area (Å²) in [5.74, 6) is -0.409. The monoisotopic (exact) mass is 375 g/mol. The van der Waals surface area contributed by atoms with Gasteiger partial charge in [0.15, 0.2) is 5.13 Å². The van der Waals surface area contributed by atoms with Gasteiger partial charge >= 0.3 is 5.97 Å². The zero-order valence-corrected chi connectivity index (χ0v) is 15.3. The van der Waals surface area contributed by atoms with Crippen LogP contribution in [0.2, 0.25) is 0 Å². The van der Waals surface area contributed by atoms with Crippen LogP contribution in [0.3, 0.4) is 0 Å². The van der Waals surface area contributed by atoms with Crippen molar-refractivity contribution in [2.24, 2.45) is 5.92 Å². The van der Waals surface area contributed by atoms with Gasteiger partial charge in [-0.05, 0) is 19.8 Å². The second kappa shape index (κ2) is 7.93. The SMILES string of the molecule is CCOC(=O)C1CCN(C(=O)Cc2csc(NS(C)(=O)=O)n2)CC1. The highest BCUT2D eigenvalue weighted by atomic mass is 32.2. The number of carbonyl (C=O) groups is 2. The molecular formula is C14H21N3O5S2. The molecule has 1 N–H and O–H groups in total. The van der Waals surface area contributed by atoms with E-state index >= 15 is 0 Å². The highest BCUT2D eigenvalue weighted by Crippen LogP contribution is 2.21. The number of sulfonamides is 1. The highest BCUT2D eigenvalue weighted by molar-refractivity contribution is 7.92. The number of amides is 1. The topological polar surface area (TPSA) is 106 Å². The molecule has 1 aromatic heterocycles. The van der Waals surface area contributed by atoms with Crippen LogP contribution in [0.5, 0.6) is 0 Å². The summed E-state index contributed by atoms with van der Waals surface area (Å²) in [5.41, 5.74) is 0.531. The van der Waals surface area contributed by atoms with Crippen LogP contribution in [0.25, 0.3) is 0 Å². The molecule has 0 unspecified atom stereocenters. The van der Waals surface area contributed by atoms with Gasteiger partial charge in [-0.25, -0.2) is 13.4 Å². The quantitative estimate of drug-likeness (QED) is 0.739. The first-order chi connectivity index (χ1) is 11.3.